The van der Waals surface area contributed by atoms with Gasteiger partial charge in [-0.25, -0.2) is 5.43 Å². The average molecular weight is 364 g/mol. The summed E-state index contributed by atoms with van der Waals surface area (Å²) >= 11 is 0. The number of hydrogen-bond donors (Lipinski definition) is 1. The molecule has 27 heavy (non-hydrogen) atoms. The molecule has 1 aliphatic heterocycles. The summed E-state index contributed by atoms with van der Waals surface area (Å²) in [6.07, 6.45) is 2.50. The lowest BCUT2D eigenvalue weighted by Crippen LogP contribution is -2.20. The van der Waals surface area contributed by atoms with Crippen molar-refractivity contribution in [1.29, 1.82) is 0 Å². The van der Waals surface area contributed by atoms with Crippen LogP contribution in [0.4, 0.5) is 0 Å². The SMILES string of the molecule is CC(C)(C)c1ccc([C@H]2C[C@@H]2C(=O)N/N=C/c2ccc3c(c2)OCO3)cc1. The molecule has 5 heteroatoms. The monoisotopic (exact) mass is 364 g/mol. The number of fused-ring (bicyclic) bond motifs is 1. The highest BCUT2D eigenvalue weighted by atomic mass is 16.7. The predicted octanol–water partition coefficient (Wildman–Crippen LogP) is 3.97. The molecule has 2 aromatic carbocycles. The molecular formula is C22H24N2O3. The molecule has 0 bridgehead atoms. The van der Waals surface area contributed by atoms with Crippen LogP contribution in [0.5, 0.6) is 11.5 Å². The highest BCUT2D eigenvalue weighted by molar-refractivity contribution is 5.86. The minimum atomic E-state index is -0.0307. The summed E-state index contributed by atoms with van der Waals surface area (Å²) in [5.74, 6) is 1.69. The molecule has 0 aromatic heterocycles. The van der Waals surface area contributed by atoms with E-state index in [1.165, 1.54) is 11.1 Å². The van der Waals surface area contributed by atoms with E-state index in [1.807, 2.05) is 18.2 Å². The molecular weight excluding hydrogens is 340 g/mol. The van der Waals surface area contributed by atoms with Gasteiger partial charge in [0.15, 0.2) is 11.5 Å². The summed E-state index contributed by atoms with van der Waals surface area (Å²) in [7, 11) is 0. The number of hydrazone groups is 1. The topological polar surface area (TPSA) is 59.9 Å². The van der Waals surface area contributed by atoms with E-state index in [2.05, 4.69) is 55.6 Å². The van der Waals surface area contributed by atoms with Crippen LogP contribution in [0.3, 0.4) is 0 Å². The molecule has 0 radical (unpaired) electrons. The molecule has 1 fully saturated rings. The van der Waals surface area contributed by atoms with Crippen LogP contribution in [-0.2, 0) is 10.2 Å². The number of nitrogens with one attached hydrogen (secondary N) is 1. The Kier molecular flexibility index (Phi) is 4.38. The molecule has 0 unspecified atom stereocenters. The standard InChI is InChI=1S/C22H24N2O3/c1-22(2,3)16-7-5-15(6-8-16)17-11-18(17)21(25)24-23-12-14-4-9-19-20(10-14)27-13-26-19/h4-10,12,17-18H,11,13H2,1-3H3,(H,24,25)/b23-12+/t17-,18+/m1/s1. The van der Waals surface area contributed by atoms with Gasteiger partial charge < -0.3 is 9.47 Å². The maximum Gasteiger partial charge on any atom is 0.243 e. The zero-order chi connectivity index (χ0) is 19.0. The summed E-state index contributed by atoms with van der Waals surface area (Å²) in [4.78, 5) is 12.3. The third-order valence-electron chi connectivity index (χ3n) is 5.12. The first kappa shape index (κ1) is 17.6. The molecule has 0 spiro atoms. The summed E-state index contributed by atoms with van der Waals surface area (Å²) < 4.78 is 10.6. The van der Waals surface area contributed by atoms with Crippen LogP contribution in [0.1, 0.15) is 49.8 Å². The van der Waals surface area contributed by atoms with Crippen LogP contribution >= 0.6 is 0 Å². The minimum Gasteiger partial charge on any atom is -0.454 e. The number of carbonyl (C=O) groups is 1. The molecule has 1 saturated carbocycles. The van der Waals surface area contributed by atoms with Gasteiger partial charge >= 0.3 is 0 Å². The lowest BCUT2D eigenvalue weighted by atomic mass is 9.86. The van der Waals surface area contributed by atoms with Crippen molar-refractivity contribution in [3.05, 3.63) is 59.2 Å². The van der Waals surface area contributed by atoms with Crippen LogP contribution in [0, 0.1) is 5.92 Å². The molecule has 2 atom stereocenters. The maximum atomic E-state index is 12.3. The highest BCUT2D eigenvalue weighted by Gasteiger charge is 2.44. The number of rotatable bonds is 4. The van der Waals surface area contributed by atoms with Crippen molar-refractivity contribution in [3.8, 4) is 11.5 Å². The lowest BCUT2D eigenvalue weighted by Gasteiger charge is -2.19. The summed E-state index contributed by atoms with van der Waals surface area (Å²) in [6, 6.07) is 14.2. The Bertz CT molecular complexity index is 881. The molecule has 5 nitrogen and oxygen atoms in total. The second-order valence-electron chi connectivity index (χ2n) is 8.17. The molecule has 2 aliphatic rings. The molecule has 1 amide bonds. The summed E-state index contributed by atoms with van der Waals surface area (Å²) in [5.41, 5.74) is 6.18. The molecule has 2 aromatic rings. The van der Waals surface area contributed by atoms with Crippen molar-refractivity contribution in [1.82, 2.24) is 5.43 Å². The lowest BCUT2D eigenvalue weighted by molar-refractivity contribution is -0.122. The number of amides is 1. The number of benzene rings is 2. The molecule has 0 saturated heterocycles. The van der Waals surface area contributed by atoms with E-state index in [0.29, 0.717) is 11.7 Å². The van der Waals surface area contributed by atoms with Crippen molar-refractivity contribution in [2.75, 3.05) is 6.79 Å². The Hall–Kier alpha value is -2.82. The van der Waals surface area contributed by atoms with Crippen LogP contribution < -0.4 is 14.9 Å². The Labute approximate surface area is 159 Å². The molecule has 140 valence electrons. The van der Waals surface area contributed by atoms with Crippen LogP contribution in [0.25, 0.3) is 0 Å². The number of ether oxygens (including phenoxy) is 2. The Balaban J connectivity index is 1.32. The van der Waals surface area contributed by atoms with Gasteiger partial charge in [-0.15, -0.1) is 0 Å². The van der Waals surface area contributed by atoms with Gasteiger partial charge in [0.05, 0.1) is 6.21 Å². The van der Waals surface area contributed by atoms with Gasteiger partial charge in [0.2, 0.25) is 12.7 Å². The first-order valence-corrected chi connectivity index (χ1v) is 9.25. The largest absolute Gasteiger partial charge is 0.454 e. The van der Waals surface area contributed by atoms with Gasteiger partial charge in [-0.1, -0.05) is 45.0 Å². The second-order valence-corrected chi connectivity index (χ2v) is 8.17. The van der Waals surface area contributed by atoms with Crippen molar-refractivity contribution < 1.29 is 14.3 Å². The van der Waals surface area contributed by atoms with E-state index in [-0.39, 0.29) is 24.0 Å². The molecule has 1 aliphatic carbocycles. The van der Waals surface area contributed by atoms with Crippen LogP contribution in [0.15, 0.2) is 47.6 Å². The number of nitrogens with zero attached hydrogens (tertiary/aromatic N) is 1. The van der Waals surface area contributed by atoms with Crippen LogP contribution in [0.2, 0.25) is 0 Å². The quantitative estimate of drug-likeness (QED) is 0.660. The van der Waals surface area contributed by atoms with Crippen molar-refractivity contribution in [3.63, 3.8) is 0 Å². The van der Waals surface area contributed by atoms with E-state index in [0.717, 1.165) is 17.7 Å². The first-order valence-electron chi connectivity index (χ1n) is 9.25. The summed E-state index contributed by atoms with van der Waals surface area (Å²) in [5, 5.41) is 4.08. The predicted molar refractivity (Wildman–Crippen MR) is 104 cm³/mol. The highest BCUT2D eigenvalue weighted by Crippen LogP contribution is 2.47. The minimum absolute atomic E-state index is 0.000564. The average Bonchev–Trinajstić information content (AvgIpc) is 3.31. The van der Waals surface area contributed by atoms with Crippen molar-refractivity contribution in [2.45, 2.75) is 38.5 Å². The first-order chi connectivity index (χ1) is 12.9. The van der Waals surface area contributed by atoms with Crippen molar-refractivity contribution >= 4 is 12.1 Å². The van der Waals surface area contributed by atoms with Gasteiger partial charge in [-0.2, -0.15) is 5.10 Å². The Morgan fingerprint density at radius 1 is 1.11 bits per heavy atom. The second kappa shape index (κ2) is 6.72. The number of carbonyl (C=O) groups excluding carboxylic acids is 1. The normalized spacial score (nSPS) is 20.7. The van der Waals surface area contributed by atoms with E-state index in [4.69, 9.17) is 9.47 Å². The smallest absolute Gasteiger partial charge is 0.243 e. The van der Waals surface area contributed by atoms with Gasteiger partial charge in [-0.05, 0) is 52.6 Å². The Morgan fingerprint density at radius 2 is 1.85 bits per heavy atom. The van der Waals surface area contributed by atoms with E-state index < -0.39 is 0 Å². The van der Waals surface area contributed by atoms with Crippen molar-refractivity contribution in [2.24, 2.45) is 11.0 Å². The van der Waals surface area contributed by atoms with Gasteiger partial charge in [0.1, 0.15) is 0 Å². The summed E-state index contributed by atoms with van der Waals surface area (Å²) in [6.45, 7) is 6.85. The zero-order valence-electron chi connectivity index (χ0n) is 15.9. The third kappa shape index (κ3) is 3.82. The van der Waals surface area contributed by atoms with E-state index in [1.54, 1.807) is 6.21 Å². The van der Waals surface area contributed by atoms with E-state index in [9.17, 15) is 4.79 Å². The van der Waals surface area contributed by atoms with Gasteiger partial charge in [0.25, 0.3) is 0 Å². The fraction of sp³-hybridized carbons (Fsp3) is 0.364. The molecule has 1 N–H and O–H groups in total. The van der Waals surface area contributed by atoms with Crippen LogP contribution in [-0.4, -0.2) is 18.9 Å². The number of hydrogen-bond acceptors (Lipinski definition) is 4. The third-order valence-corrected chi connectivity index (χ3v) is 5.12. The van der Waals surface area contributed by atoms with Gasteiger partial charge in [0, 0.05) is 5.92 Å². The zero-order valence-corrected chi connectivity index (χ0v) is 15.9. The molecule has 1 heterocycles. The fourth-order valence-electron chi connectivity index (χ4n) is 3.33. The fourth-order valence-corrected chi connectivity index (χ4v) is 3.33. The molecule has 4 rings (SSSR count). The Morgan fingerprint density at radius 3 is 2.59 bits per heavy atom. The van der Waals surface area contributed by atoms with E-state index >= 15 is 0 Å². The maximum absolute atomic E-state index is 12.3. The van der Waals surface area contributed by atoms with Gasteiger partial charge in [-0.3, -0.25) is 4.79 Å².